The number of carbonyl (C=O) groups is 1. The normalized spacial score (nSPS) is 12.4. The zero-order valence-corrected chi connectivity index (χ0v) is 12.1. The van der Waals surface area contributed by atoms with Crippen molar-refractivity contribution < 1.29 is 14.6 Å². The monoisotopic (exact) mass is 272 g/mol. The zero-order valence-electron chi connectivity index (χ0n) is 11.3. The number of hydrogen-bond acceptors (Lipinski definition) is 5. The lowest BCUT2D eigenvalue weighted by molar-refractivity contribution is 0.0701. The van der Waals surface area contributed by atoms with Crippen LogP contribution in [0.15, 0.2) is 0 Å². The molecule has 0 aliphatic carbocycles. The predicted octanol–water partition coefficient (Wildman–Crippen LogP) is 2.26. The van der Waals surface area contributed by atoms with Crippen LogP contribution < -0.4 is 4.90 Å². The number of hydrogen-bond donors (Lipinski definition) is 1. The molecule has 0 saturated heterocycles. The second kappa shape index (κ2) is 6.70. The molecular weight excluding hydrogens is 252 g/mol. The van der Waals surface area contributed by atoms with Gasteiger partial charge in [0.15, 0.2) is 5.13 Å². The smallest absolute Gasteiger partial charge is 0.347 e. The lowest BCUT2D eigenvalue weighted by Gasteiger charge is -2.26. The number of rotatable bonds is 7. The van der Waals surface area contributed by atoms with Gasteiger partial charge in [-0.1, -0.05) is 18.3 Å². The summed E-state index contributed by atoms with van der Waals surface area (Å²) in [7, 11) is 1.66. The van der Waals surface area contributed by atoms with Crippen molar-refractivity contribution in [1.29, 1.82) is 0 Å². The number of methoxy groups -OCH3 is 1. The van der Waals surface area contributed by atoms with Gasteiger partial charge in [-0.05, 0) is 20.3 Å². The predicted molar refractivity (Wildman–Crippen MR) is 72.8 cm³/mol. The second-order valence-electron chi connectivity index (χ2n) is 4.02. The maximum Gasteiger partial charge on any atom is 0.347 e. The Morgan fingerprint density at radius 3 is 2.61 bits per heavy atom. The van der Waals surface area contributed by atoms with Crippen LogP contribution in [-0.2, 0) is 11.2 Å². The fraction of sp³-hybridized carbons (Fsp3) is 0.667. The summed E-state index contributed by atoms with van der Waals surface area (Å²) in [5.41, 5.74) is 0.658. The van der Waals surface area contributed by atoms with E-state index in [2.05, 4.69) is 9.88 Å². The Balaban J connectivity index is 3.03. The molecule has 0 spiro atoms. The first-order valence-electron chi connectivity index (χ1n) is 6.03. The van der Waals surface area contributed by atoms with Gasteiger partial charge in [0, 0.05) is 13.7 Å². The van der Waals surface area contributed by atoms with Gasteiger partial charge in [-0.25, -0.2) is 9.78 Å². The molecule has 1 aromatic rings. The summed E-state index contributed by atoms with van der Waals surface area (Å²) in [5, 5.41) is 9.89. The minimum absolute atomic E-state index is 0.178. The molecule has 0 amide bonds. The largest absolute Gasteiger partial charge is 0.477 e. The van der Waals surface area contributed by atoms with Crippen molar-refractivity contribution in [3.05, 3.63) is 10.6 Å². The third kappa shape index (κ3) is 3.20. The van der Waals surface area contributed by atoms with E-state index in [4.69, 9.17) is 9.84 Å². The summed E-state index contributed by atoms with van der Waals surface area (Å²) in [6, 6.07) is 0.178. The third-order valence-corrected chi connectivity index (χ3v) is 3.86. The first kappa shape index (κ1) is 14.9. The summed E-state index contributed by atoms with van der Waals surface area (Å²) >= 11 is 1.24. The average molecular weight is 272 g/mol. The number of carboxylic acid groups (broad SMARTS) is 1. The van der Waals surface area contributed by atoms with E-state index >= 15 is 0 Å². The van der Waals surface area contributed by atoms with Crippen molar-refractivity contribution in [2.45, 2.75) is 33.2 Å². The molecule has 1 aromatic heterocycles. The van der Waals surface area contributed by atoms with E-state index in [0.29, 0.717) is 23.6 Å². The van der Waals surface area contributed by atoms with Crippen LogP contribution in [0.3, 0.4) is 0 Å². The molecule has 102 valence electrons. The van der Waals surface area contributed by atoms with Crippen molar-refractivity contribution in [2.75, 3.05) is 25.2 Å². The molecule has 0 aromatic carbocycles. The van der Waals surface area contributed by atoms with Gasteiger partial charge in [0.1, 0.15) is 4.88 Å². The Bertz CT molecular complexity index is 406. The van der Waals surface area contributed by atoms with E-state index in [-0.39, 0.29) is 6.04 Å². The number of aryl methyl sites for hydroxylation is 1. The highest BCUT2D eigenvalue weighted by Crippen LogP contribution is 2.28. The van der Waals surface area contributed by atoms with Gasteiger partial charge < -0.3 is 14.7 Å². The number of aromatic carboxylic acids is 1. The minimum atomic E-state index is -0.897. The van der Waals surface area contributed by atoms with Crippen LogP contribution in [-0.4, -0.2) is 42.4 Å². The van der Waals surface area contributed by atoms with E-state index in [0.717, 1.165) is 11.7 Å². The Labute approximate surface area is 111 Å². The van der Waals surface area contributed by atoms with Crippen molar-refractivity contribution in [1.82, 2.24) is 4.98 Å². The molecule has 0 aliphatic rings. The molecule has 1 heterocycles. The molecule has 1 N–H and O–H groups in total. The number of likely N-dealkylation sites (N-methyl/N-ethyl adjacent to an activating group) is 1. The summed E-state index contributed by atoms with van der Waals surface area (Å²) in [6.45, 7) is 7.36. The first-order chi connectivity index (χ1) is 8.54. The van der Waals surface area contributed by atoms with E-state index < -0.39 is 5.97 Å². The van der Waals surface area contributed by atoms with Gasteiger partial charge in [0.25, 0.3) is 0 Å². The average Bonchev–Trinajstić information content (AvgIpc) is 2.74. The standard InChI is InChI=1S/C12H20N2O3S/c1-5-9-10(11(15)16)18-12(13-9)14(6-2)8(3)7-17-4/h8H,5-7H2,1-4H3,(H,15,16). The molecule has 0 fully saturated rings. The number of carboxylic acids is 1. The van der Waals surface area contributed by atoms with Crippen LogP contribution in [0.2, 0.25) is 0 Å². The van der Waals surface area contributed by atoms with Crippen molar-refractivity contribution in [2.24, 2.45) is 0 Å². The Kier molecular flexibility index (Phi) is 5.55. The maximum atomic E-state index is 11.1. The van der Waals surface area contributed by atoms with Crippen molar-refractivity contribution in [3.8, 4) is 0 Å². The number of anilines is 1. The Hall–Kier alpha value is -1.14. The van der Waals surface area contributed by atoms with Crippen molar-refractivity contribution in [3.63, 3.8) is 0 Å². The second-order valence-corrected chi connectivity index (χ2v) is 5.00. The van der Waals surface area contributed by atoms with Crippen LogP contribution in [0.25, 0.3) is 0 Å². The van der Waals surface area contributed by atoms with E-state index in [1.54, 1.807) is 7.11 Å². The lowest BCUT2D eigenvalue weighted by Crippen LogP contribution is -2.36. The molecule has 0 saturated carbocycles. The highest BCUT2D eigenvalue weighted by Gasteiger charge is 2.21. The highest BCUT2D eigenvalue weighted by molar-refractivity contribution is 7.17. The van der Waals surface area contributed by atoms with Crippen LogP contribution in [0.1, 0.15) is 36.1 Å². The van der Waals surface area contributed by atoms with Gasteiger partial charge >= 0.3 is 5.97 Å². The molecule has 1 atom stereocenters. The maximum absolute atomic E-state index is 11.1. The molecular formula is C12H20N2O3S. The number of ether oxygens (including phenoxy) is 1. The van der Waals surface area contributed by atoms with Crippen LogP contribution >= 0.6 is 11.3 Å². The Morgan fingerprint density at radius 1 is 1.56 bits per heavy atom. The molecule has 5 nitrogen and oxygen atoms in total. The summed E-state index contributed by atoms with van der Waals surface area (Å²) in [4.78, 5) is 18.0. The van der Waals surface area contributed by atoms with Crippen LogP contribution in [0.5, 0.6) is 0 Å². The fourth-order valence-electron chi connectivity index (χ4n) is 1.84. The molecule has 1 rings (SSSR count). The minimum Gasteiger partial charge on any atom is -0.477 e. The zero-order chi connectivity index (χ0) is 13.7. The topological polar surface area (TPSA) is 62.7 Å². The van der Waals surface area contributed by atoms with Gasteiger partial charge in [-0.3, -0.25) is 0 Å². The quantitative estimate of drug-likeness (QED) is 0.825. The van der Waals surface area contributed by atoms with Crippen LogP contribution in [0, 0.1) is 0 Å². The van der Waals surface area contributed by atoms with Gasteiger partial charge in [-0.15, -0.1) is 0 Å². The van der Waals surface area contributed by atoms with E-state index in [1.165, 1.54) is 11.3 Å². The Morgan fingerprint density at radius 2 is 2.22 bits per heavy atom. The SMILES string of the molecule is CCc1nc(N(CC)C(C)COC)sc1C(=O)O. The molecule has 1 unspecified atom stereocenters. The summed E-state index contributed by atoms with van der Waals surface area (Å²) < 4.78 is 5.14. The van der Waals surface area contributed by atoms with Crippen molar-refractivity contribution >= 4 is 22.4 Å². The molecule has 0 radical (unpaired) electrons. The number of nitrogens with zero attached hydrogens (tertiary/aromatic N) is 2. The van der Waals surface area contributed by atoms with E-state index in [1.807, 2.05) is 20.8 Å². The van der Waals surface area contributed by atoms with Gasteiger partial charge in [0.2, 0.25) is 0 Å². The molecule has 0 bridgehead atoms. The lowest BCUT2D eigenvalue weighted by atomic mass is 10.3. The number of thiazole rings is 1. The first-order valence-corrected chi connectivity index (χ1v) is 6.85. The van der Waals surface area contributed by atoms with E-state index in [9.17, 15) is 4.79 Å². The van der Waals surface area contributed by atoms with Gasteiger partial charge in [0.05, 0.1) is 18.3 Å². The van der Waals surface area contributed by atoms with Crippen LogP contribution in [0.4, 0.5) is 5.13 Å². The summed E-state index contributed by atoms with van der Waals surface area (Å²) in [5.74, 6) is -0.897. The molecule has 18 heavy (non-hydrogen) atoms. The number of aromatic nitrogens is 1. The van der Waals surface area contributed by atoms with Gasteiger partial charge in [-0.2, -0.15) is 0 Å². The molecule has 6 heteroatoms. The third-order valence-electron chi connectivity index (χ3n) is 2.74. The fourth-order valence-corrected chi connectivity index (χ4v) is 3.00. The summed E-state index contributed by atoms with van der Waals surface area (Å²) in [6.07, 6.45) is 0.633. The highest BCUT2D eigenvalue weighted by atomic mass is 32.1. The molecule has 0 aliphatic heterocycles.